The Kier molecular flexibility index (Phi) is 4.20. The molecule has 4 nitrogen and oxygen atoms in total. The van der Waals surface area contributed by atoms with Gasteiger partial charge in [-0.1, -0.05) is 18.2 Å². The number of hydrogen-bond donors (Lipinski definition) is 1. The Morgan fingerprint density at radius 1 is 1.39 bits per heavy atom. The predicted molar refractivity (Wildman–Crippen MR) is 66.7 cm³/mol. The SMILES string of the molecule is O=C(O)C1(CCCOc2ccccc2)CCOC1. The molecule has 0 aromatic heterocycles. The number of benzene rings is 1. The van der Waals surface area contributed by atoms with Crippen LogP contribution < -0.4 is 4.74 Å². The summed E-state index contributed by atoms with van der Waals surface area (Å²) in [6.45, 7) is 1.42. The van der Waals surface area contributed by atoms with Crippen molar-refractivity contribution < 1.29 is 19.4 Å². The molecule has 0 bridgehead atoms. The van der Waals surface area contributed by atoms with E-state index in [-0.39, 0.29) is 0 Å². The van der Waals surface area contributed by atoms with Crippen molar-refractivity contribution in [2.75, 3.05) is 19.8 Å². The molecule has 18 heavy (non-hydrogen) atoms. The second-order valence-corrected chi connectivity index (χ2v) is 4.65. The van der Waals surface area contributed by atoms with Crippen LogP contribution in [0, 0.1) is 5.41 Å². The zero-order valence-corrected chi connectivity index (χ0v) is 10.3. The Morgan fingerprint density at radius 3 is 2.78 bits per heavy atom. The van der Waals surface area contributed by atoms with Gasteiger partial charge in [0.25, 0.3) is 0 Å². The Morgan fingerprint density at radius 2 is 2.17 bits per heavy atom. The second-order valence-electron chi connectivity index (χ2n) is 4.65. The highest BCUT2D eigenvalue weighted by Crippen LogP contribution is 2.33. The van der Waals surface area contributed by atoms with Crippen molar-refractivity contribution in [1.82, 2.24) is 0 Å². The highest BCUT2D eigenvalue weighted by atomic mass is 16.5. The zero-order chi connectivity index (χ0) is 12.8. The summed E-state index contributed by atoms with van der Waals surface area (Å²) in [5.41, 5.74) is -0.694. The van der Waals surface area contributed by atoms with Gasteiger partial charge < -0.3 is 14.6 Å². The molecule has 0 saturated carbocycles. The fourth-order valence-corrected chi connectivity index (χ4v) is 2.20. The number of carboxylic acids is 1. The van der Waals surface area contributed by atoms with Crippen LogP contribution in [-0.2, 0) is 9.53 Å². The number of aliphatic carboxylic acids is 1. The van der Waals surface area contributed by atoms with Gasteiger partial charge in [0, 0.05) is 6.61 Å². The number of ether oxygens (including phenoxy) is 2. The lowest BCUT2D eigenvalue weighted by Crippen LogP contribution is -2.31. The van der Waals surface area contributed by atoms with E-state index in [4.69, 9.17) is 9.47 Å². The molecular formula is C14H18O4. The van der Waals surface area contributed by atoms with E-state index in [1.165, 1.54) is 0 Å². The third-order valence-electron chi connectivity index (χ3n) is 3.37. The van der Waals surface area contributed by atoms with E-state index in [0.29, 0.717) is 32.7 Å². The van der Waals surface area contributed by atoms with E-state index in [9.17, 15) is 9.90 Å². The first-order chi connectivity index (χ1) is 8.73. The summed E-state index contributed by atoms with van der Waals surface area (Å²) < 4.78 is 10.8. The van der Waals surface area contributed by atoms with E-state index in [1.807, 2.05) is 30.3 Å². The average molecular weight is 250 g/mol. The van der Waals surface area contributed by atoms with Gasteiger partial charge in [-0.2, -0.15) is 0 Å². The molecule has 1 saturated heterocycles. The van der Waals surface area contributed by atoms with Crippen LogP contribution >= 0.6 is 0 Å². The molecule has 0 amide bonds. The summed E-state index contributed by atoms with van der Waals surface area (Å²) in [7, 11) is 0. The quantitative estimate of drug-likeness (QED) is 0.787. The van der Waals surface area contributed by atoms with E-state index in [2.05, 4.69) is 0 Å². The van der Waals surface area contributed by atoms with Gasteiger partial charge in [-0.25, -0.2) is 0 Å². The standard InChI is InChI=1S/C14H18O4/c15-13(16)14(8-10-17-11-14)7-4-9-18-12-5-2-1-3-6-12/h1-3,5-6H,4,7-11H2,(H,15,16). The fourth-order valence-electron chi connectivity index (χ4n) is 2.20. The minimum absolute atomic E-state index is 0.327. The van der Waals surface area contributed by atoms with Crippen LogP contribution in [0.25, 0.3) is 0 Å². The molecular weight excluding hydrogens is 232 g/mol. The average Bonchev–Trinajstić information content (AvgIpc) is 2.86. The third kappa shape index (κ3) is 3.01. The highest BCUT2D eigenvalue weighted by Gasteiger charge is 2.41. The largest absolute Gasteiger partial charge is 0.494 e. The van der Waals surface area contributed by atoms with Crippen molar-refractivity contribution in [3.63, 3.8) is 0 Å². The van der Waals surface area contributed by atoms with Gasteiger partial charge in [-0.3, -0.25) is 4.79 Å². The minimum atomic E-state index is -0.750. The summed E-state index contributed by atoms with van der Waals surface area (Å²) in [5, 5.41) is 9.26. The van der Waals surface area contributed by atoms with Crippen LogP contribution in [0.5, 0.6) is 5.75 Å². The van der Waals surface area contributed by atoms with Crippen molar-refractivity contribution in [3.8, 4) is 5.75 Å². The van der Waals surface area contributed by atoms with Gasteiger partial charge in [-0.15, -0.1) is 0 Å². The molecule has 0 radical (unpaired) electrons. The van der Waals surface area contributed by atoms with Crippen LogP contribution in [0.3, 0.4) is 0 Å². The fraction of sp³-hybridized carbons (Fsp3) is 0.500. The van der Waals surface area contributed by atoms with E-state index in [0.717, 1.165) is 12.2 Å². The molecule has 0 spiro atoms. The lowest BCUT2D eigenvalue weighted by Gasteiger charge is -2.21. The molecule has 1 aromatic carbocycles. The van der Waals surface area contributed by atoms with Crippen LogP contribution in [0.1, 0.15) is 19.3 Å². The molecule has 98 valence electrons. The molecule has 1 aromatic rings. The zero-order valence-electron chi connectivity index (χ0n) is 10.3. The number of carbonyl (C=O) groups is 1. The molecule has 1 aliphatic rings. The minimum Gasteiger partial charge on any atom is -0.494 e. The Labute approximate surface area is 107 Å². The predicted octanol–water partition coefficient (Wildman–Crippen LogP) is 2.34. The van der Waals surface area contributed by atoms with E-state index >= 15 is 0 Å². The lowest BCUT2D eigenvalue weighted by atomic mass is 9.83. The van der Waals surface area contributed by atoms with Crippen LogP contribution in [-0.4, -0.2) is 30.9 Å². The molecule has 1 unspecified atom stereocenters. The second kappa shape index (κ2) is 5.87. The lowest BCUT2D eigenvalue weighted by molar-refractivity contribution is -0.149. The van der Waals surface area contributed by atoms with Crippen molar-refractivity contribution in [2.45, 2.75) is 19.3 Å². The summed E-state index contributed by atoms with van der Waals surface area (Å²) in [6, 6.07) is 9.55. The monoisotopic (exact) mass is 250 g/mol. The Hall–Kier alpha value is -1.55. The summed E-state index contributed by atoms with van der Waals surface area (Å²) in [4.78, 5) is 11.3. The number of para-hydroxylation sites is 1. The van der Waals surface area contributed by atoms with Gasteiger partial charge in [0.1, 0.15) is 5.75 Å². The molecule has 1 heterocycles. The van der Waals surface area contributed by atoms with E-state index < -0.39 is 11.4 Å². The normalized spacial score (nSPS) is 22.9. The van der Waals surface area contributed by atoms with Crippen LogP contribution in [0.2, 0.25) is 0 Å². The van der Waals surface area contributed by atoms with Gasteiger partial charge in [0.05, 0.1) is 18.6 Å². The molecule has 1 fully saturated rings. The number of carboxylic acid groups (broad SMARTS) is 1. The molecule has 2 rings (SSSR count). The molecule has 1 atom stereocenters. The maximum Gasteiger partial charge on any atom is 0.312 e. The summed E-state index contributed by atoms with van der Waals surface area (Å²) in [6.07, 6.45) is 1.94. The van der Waals surface area contributed by atoms with Gasteiger partial charge >= 0.3 is 5.97 Å². The number of rotatable bonds is 6. The molecule has 0 aliphatic carbocycles. The van der Waals surface area contributed by atoms with Crippen molar-refractivity contribution in [1.29, 1.82) is 0 Å². The summed E-state index contributed by atoms with van der Waals surface area (Å²) >= 11 is 0. The first-order valence-electron chi connectivity index (χ1n) is 6.22. The first kappa shape index (κ1) is 12.9. The summed E-state index contributed by atoms with van der Waals surface area (Å²) in [5.74, 6) is 0.0734. The topological polar surface area (TPSA) is 55.8 Å². The van der Waals surface area contributed by atoms with Crippen molar-refractivity contribution in [3.05, 3.63) is 30.3 Å². The highest BCUT2D eigenvalue weighted by molar-refractivity contribution is 5.75. The number of hydrogen-bond acceptors (Lipinski definition) is 3. The van der Waals surface area contributed by atoms with Gasteiger partial charge in [0.15, 0.2) is 0 Å². The third-order valence-corrected chi connectivity index (χ3v) is 3.37. The van der Waals surface area contributed by atoms with Crippen molar-refractivity contribution in [2.24, 2.45) is 5.41 Å². The maximum absolute atomic E-state index is 11.3. The Bertz CT molecular complexity index is 382. The Balaban J connectivity index is 1.76. The maximum atomic E-state index is 11.3. The first-order valence-corrected chi connectivity index (χ1v) is 6.22. The van der Waals surface area contributed by atoms with E-state index in [1.54, 1.807) is 0 Å². The van der Waals surface area contributed by atoms with Crippen molar-refractivity contribution >= 4 is 5.97 Å². The smallest absolute Gasteiger partial charge is 0.312 e. The van der Waals surface area contributed by atoms with Crippen LogP contribution in [0.4, 0.5) is 0 Å². The molecule has 1 aliphatic heterocycles. The molecule has 1 N–H and O–H groups in total. The van der Waals surface area contributed by atoms with Gasteiger partial charge in [-0.05, 0) is 31.4 Å². The van der Waals surface area contributed by atoms with Crippen LogP contribution in [0.15, 0.2) is 30.3 Å². The molecule has 4 heteroatoms. The van der Waals surface area contributed by atoms with Gasteiger partial charge in [0.2, 0.25) is 0 Å².